The van der Waals surface area contributed by atoms with E-state index in [1.165, 1.54) is 0 Å². The zero-order valence-corrected chi connectivity index (χ0v) is 11.0. The Balaban J connectivity index is 2.12. The fourth-order valence-electron chi connectivity index (χ4n) is 1.78. The average molecular weight is 253 g/mol. The molecule has 0 N–H and O–H groups in total. The van der Waals surface area contributed by atoms with Crippen LogP contribution in [0.1, 0.15) is 16.7 Å². The number of benzene rings is 2. The zero-order valence-electron chi connectivity index (χ0n) is 11.0. The summed E-state index contributed by atoms with van der Waals surface area (Å²) in [5.74, 6) is 1.40. The first kappa shape index (κ1) is 13.0. The molecule has 2 rings (SSSR count). The van der Waals surface area contributed by atoms with Crippen LogP contribution in [0.15, 0.2) is 42.5 Å². The Morgan fingerprint density at radius 1 is 1.16 bits per heavy atom. The van der Waals surface area contributed by atoms with Crippen LogP contribution in [-0.4, -0.2) is 7.11 Å². The standard InChI is InChI=1S/C16H15NO2/c1-12-6-7-16(14(8-12)10-17)19-11-13-4-3-5-15(9-13)18-2/h3-9H,11H2,1-2H3. The Morgan fingerprint density at radius 2 is 2.00 bits per heavy atom. The van der Waals surface area contributed by atoms with Gasteiger partial charge < -0.3 is 9.47 Å². The monoisotopic (exact) mass is 253 g/mol. The Hall–Kier alpha value is -2.47. The molecule has 2 aromatic rings. The van der Waals surface area contributed by atoms with Crippen molar-refractivity contribution in [1.29, 1.82) is 5.26 Å². The van der Waals surface area contributed by atoms with Crippen LogP contribution >= 0.6 is 0 Å². The zero-order chi connectivity index (χ0) is 13.7. The van der Waals surface area contributed by atoms with E-state index < -0.39 is 0 Å². The van der Waals surface area contributed by atoms with Crippen molar-refractivity contribution in [1.82, 2.24) is 0 Å². The van der Waals surface area contributed by atoms with Crippen molar-refractivity contribution in [3.63, 3.8) is 0 Å². The summed E-state index contributed by atoms with van der Waals surface area (Å²) >= 11 is 0. The summed E-state index contributed by atoms with van der Waals surface area (Å²) < 4.78 is 10.9. The van der Waals surface area contributed by atoms with Crippen LogP contribution in [0, 0.1) is 18.3 Å². The smallest absolute Gasteiger partial charge is 0.137 e. The molecule has 2 aromatic carbocycles. The predicted molar refractivity (Wildman–Crippen MR) is 73.2 cm³/mol. The molecular formula is C16H15NO2. The number of rotatable bonds is 4. The van der Waals surface area contributed by atoms with E-state index in [1.807, 2.05) is 49.4 Å². The van der Waals surface area contributed by atoms with Gasteiger partial charge in [-0.25, -0.2) is 0 Å². The normalized spacial score (nSPS) is 9.74. The average Bonchev–Trinajstić information content (AvgIpc) is 2.46. The molecule has 0 fully saturated rings. The summed E-state index contributed by atoms with van der Waals surface area (Å²) in [5.41, 5.74) is 2.61. The summed E-state index contributed by atoms with van der Waals surface area (Å²) in [6.07, 6.45) is 0. The van der Waals surface area contributed by atoms with E-state index >= 15 is 0 Å². The van der Waals surface area contributed by atoms with E-state index in [0.29, 0.717) is 17.9 Å². The molecule has 19 heavy (non-hydrogen) atoms. The molecule has 0 aromatic heterocycles. The molecule has 0 spiro atoms. The van der Waals surface area contributed by atoms with E-state index in [0.717, 1.165) is 16.9 Å². The summed E-state index contributed by atoms with van der Waals surface area (Å²) in [5, 5.41) is 9.07. The first-order valence-electron chi connectivity index (χ1n) is 5.99. The quantitative estimate of drug-likeness (QED) is 0.838. The summed E-state index contributed by atoms with van der Waals surface area (Å²) in [6, 6.07) is 15.4. The number of ether oxygens (including phenoxy) is 2. The number of nitrogens with zero attached hydrogens (tertiary/aromatic N) is 1. The maximum atomic E-state index is 9.07. The van der Waals surface area contributed by atoms with Crippen molar-refractivity contribution in [2.75, 3.05) is 7.11 Å². The molecule has 96 valence electrons. The van der Waals surface area contributed by atoms with Gasteiger partial charge in [0.05, 0.1) is 12.7 Å². The van der Waals surface area contributed by atoms with Gasteiger partial charge in [-0.1, -0.05) is 18.2 Å². The number of nitriles is 1. The number of hydrogen-bond acceptors (Lipinski definition) is 3. The molecule has 3 nitrogen and oxygen atoms in total. The van der Waals surface area contributed by atoms with Gasteiger partial charge in [0.25, 0.3) is 0 Å². The lowest BCUT2D eigenvalue weighted by atomic mass is 10.1. The summed E-state index contributed by atoms with van der Waals surface area (Å²) in [6.45, 7) is 2.36. The van der Waals surface area contributed by atoms with Gasteiger partial charge in [0.2, 0.25) is 0 Å². The maximum absolute atomic E-state index is 9.07. The van der Waals surface area contributed by atoms with Crippen molar-refractivity contribution < 1.29 is 9.47 Å². The van der Waals surface area contributed by atoms with Gasteiger partial charge in [-0.15, -0.1) is 0 Å². The van der Waals surface area contributed by atoms with Crippen LogP contribution in [0.4, 0.5) is 0 Å². The second-order valence-corrected chi connectivity index (χ2v) is 4.25. The number of hydrogen-bond donors (Lipinski definition) is 0. The topological polar surface area (TPSA) is 42.2 Å². The van der Waals surface area contributed by atoms with Gasteiger partial charge >= 0.3 is 0 Å². The lowest BCUT2D eigenvalue weighted by Crippen LogP contribution is -1.98. The van der Waals surface area contributed by atoms with Gasteiger partial charge in [-0.05, 0) is 42.3 Å². The molecule has 0 bridgehead atoms. The van der Waals surface area contributed by atoms with Crippen molar-refractivity contribution in [3.8, 4) is 17.6 Å². The van der Waals surface area contributed by atoms with Crippen molar-refractivity contribution in [3.05, 3.63) is 59.2 Å². The molecule has 0 saturated heterocycles. The third kappa shape index (κ3) is 3.26. The molecule has 0 aliphatic rings. The molecule has 0 heterocycles. The van der Waals surface area contributed by atoms with Gasteiger partial charge in [0, 0.05) is 0 Å². The highest BCUT2D eigenvalue weighted by Gasteiger charge is 2.04. The van der Waals surface area contributed by atoms with Gasteiger partial charge in [-0.2, -0.15) is 5.26 Å². The van der Waals surface area contributed by atoms with Crippen molar-refractivity contribution in [2.45, 2.75) is 13.5 Å². The fraction of sp³-hybridized carbons (Fsp3) is 0.188. The highest BCUT2D eigenvalue weighted by Crippen LogP contribution is 2.21. The molecule has 3 heteroatoms. The van der Waals surface area contributed by atoms with E-state index in [4.69, 9.17) is 14.7 Å². The van der Waals surface area contributed by atoms with Crippen molar-refractivity contribution in [2.24, 2.45) is 0 Å². The fourth-order valence-corrected chi connectivity index (χ4v) is 1.78. The molecule has 0 atom stereocenters. The van der Waals surface area contributed by atoms with Crippen LogP contribution < -0.4 is 9.47 Å². The van der Waals surface area contributed by atoms with Crippen LogP contribution in [0.5, 0.6) is 11.5 Å². The van der Waals surface area contributed by atoms with E-state index in [2.05, 4.69) is 6.07 Å². The van der Waals surface area contributed by atoms with E-state index in [1.54, 1.807) is 7.11 Å². The van der Waals surface area contributed by atoms with Crippen LogP contribution in [0.2, 0.25) is 0 Å². The van der Waals surface area contributed by atoms with E-state index in [9.17, 15) is 0 Å². The van der Waals surface area contributed by atoms with E-state index in [-0.39, 0.29) is 0 Å². The SMILES string of the molecule is COc1cccc(COc2ccc(C)cc2C#N)c1. The summed E-state index contributed by atoms with van der Waals surface area (Å²) in [7, 11) is 1.63. The number of aryl methyl sites for hydroxylation is 1. The molecule has 0 aliphatic heterocycles. The first-order valence-corrected chi connectivity index (χ1v) is 5.99. The maximum Gasteiger partial charge on any atom is 0.137 e. The second-order valence-electron chi connectivity index (χ2n) is 4.25. The minimum Gasteiger partial charge on any atom is -0.497 e. The molecule has 0 unspecified atom stereocenters. The largest absolute Gasteiger partial charge is 0.497 e. The highest BCUT2D eigenvalue weighted by atomic mass is 16.5. The minimum absolute atomic E-state index is 0.412. The molecular weight excluding hydrogens is 238 g/mol. The molecule has 0 saturated carbocycles. The number of methoxy groups -OCH3 is 1. The van der Waals surface area contributed by atoms with Gasteiger partial charge in [0.15, 0.2) is 0 Å². The predicted octanol–water partition coefficient (Wildman–Crippen LogP) is 3.45. The summed E-state index contributed by atoms with van der Waals surface area (Å²) in [4.78, 5) is 0. The van der Waals surface area contributed by atoms with Crippen LogP contribution in [0.3, 0.4) is 0 Å². The van der Waals surface area contributed by atoms with Crippen LogP contribution in [0.25, 0.3) is 0 Å². The minimum atomic E-state index is 0.412. The second kappa shape index (κ2) is 5.92. The van der Waals surface area contributed by atoms with Crippen LogP contribution in [-0.2, 0) is 6.61 Å². The third-order valence-electron chi connectivity index (χ3n) is 2.78. The molecule has 0 aliphatic carbocycles. The van der Waals surface area contributed by atoms with Gasteiger partial charge in [0.1, 0.15) is 24.2 Å². The highest BCUT2D eigenvalue weighted by molar-refractivity contribution is 5.45. The Kier molecular flexibility index (Phi) is 4.04. The lowest BCUT2D eigenvalue weighted by molar-refractivity contribution is 0.304. The third-order valence-corrected chi connectivity index (χ3v) is 2.78. The molecule has 0 amide bonds. The van der Waals surface area contributed by atoms with Crippen molar-refractivity contribution >= 4 is 0 Å². The Labute approximate surface area is 113 Å². The van der Waals surface area contributed by atoms with Gasteiger partial charge in [-0.3, -0.25) is 0 Å². The Morgan fingerprint density at radius 3 is 2.74 bits per heavy atom. The lowest BCUT2D eigenvalue weighted by Gasteiger charge is -2.09. The first-order chi connectivity index (χ1) is 9.22. The Bertz CT molecular complexity index is 614. The molecule has 0 radical (unpaired) electrons.